The van der Waals surface area contributed by atoms with Crippen molar-refractivity contribution in [3.8, 4) is 0 Å². The zero-order valence-electron chi connectivity index (χ0n) is 34.1. The van der Waals surface area contributed by atoms with E-state index in [0.29, 0.717) is 19.3 Å². The number of ether oxygens (including phenoxy) is 2. The fraction of sp³-hybridized carbons (Fsp3) is 0.745. The number of hydrogen-bond donors (Lipinski definition) is 1. The second-order valence-corrected chi connectivity index (χ2v) is 14.4. The average molecular weight is 727 g/mol. The third-order valence-electron chi connectivity index (χ3n) is 9.28. The summed E-state index contributed by atoms with van der Waals surface area (Å²) in [7, 11) is 0. The minimum atomic E-state index is -0.797. The highest BCUT2D eigenvalue weighted by atomic mass is 16.6. The normalized spacial score (nSPS) is 12.8. The predicted molar refractivity (Wildman–Crippen MR) is 223 cm³/mol. The molecule has 300 valence electrons. The van der Waals surface area contributed by atoms with Crippen LogP contribution < -0.4 is 0 Å². The number of carbonyl (C=O) groups is 2. The number of aliphatic hydroxyl groups is 1. The minimum Gasteiger partial charge on any atom is -0.462 e. The number of rotatable bonds is 39. The maximum Gasteiger partial charge on any atom is 0.306 e. The van der Waals surface area contributed by atoms with E-state index >= 15 is 0 Å². The molecule has 0 aliphatic carbocycles. The van der Waals surface area contributed by atoms with Crippen LogP contribution in [0.15, 0.2) is 60.8 Å². The Kier molecular flexibility index (Phi) is 41.0. The molecule has 52 heavy (non-hydrogen) atoms. The summed E-state index contributed by atoms with van der Waals surface area (Å²) >= 11 is 0. The average Bonchev–Trinajstić information content (AvgIpc) is 3.15. The molecular formula is C47H82O5. The molecule has 1 atom stereocenters. The molecule has 0 aromatic rings. The van der Waals surface area contributed by atoms with E-state index in [2.05, 4.69) is 74.6 Å². The van der Waals surface area contributed by atoms with Gasteiger partial charge in [0.15, 0.2) is 6.10 Å². The summed E-state index contributed by atoms with van der Waals surface area (Å²) in [6.07, 6.45) is 55.8. The summed E-state index contributed by atoms with van der Waals surface area (Å²) in [5.41, 5.74) is 0. The van der Waals surface area contributed by atoms with Crippen LogP contribution in [0.25, 0.3) is 0 Å². The van der Waals surface area contributed by atoms with Gasteiger partial charge >= 0.3 is 11.9 Å². The van der Waals surface area contributed by atoms with Crippen LogP contribution in [0.2, 0.25) is 0 Å². The monoisotopic (exact) mass is 727 g/mol. The number of aliphatic hydroxyl groups excluding tert-OH is 1. The molecule has 0 aliphatic heterocycles. The Morgan fingerprint density at radius 2 is 0.788 bits per heavy atom. The first-order valence-corrected chi connectivity index (χ1v) is 21.8. The standard InChI is InChI=1S/C47H82O5/c1-3-5-7-9-11-13-15-17-19-21-22-23-24-26-27-29-31-33-35-37-39-41-46(49)51-44-45(43-48)52-47(50)42-40-38-36-34-32-30-28-25-20-18-16-14-12-10-8-6-4-2/h18-21,23-24,27,29,33,35,45,48H,3-17,22,25-26,28,30-32,34,36-44H2,1-2H3/b20-18+,21-19+,24-23+,29-27+,35-33+/t45-/m0/s1. The third-order valence-corrected chi connectivity index (χ3v) is 9.28. The van der Waals surface area contributed by atoms with Crippen LogP contribution in [0.4, 0.5) is 0 Å². The zero-order valence-corrected chi connectivity index (χ0v) is 34.1. The van der Waals surface area contributed by atoms with E-state index in [4.69, 9.17) is 9.47 Å². The molecule has 0 unspecified atom stereocenters. The molecule has 0 rings (SSSR count). The number of carbonyl (C=O) groups excluding carboxylic acids is 2. The van der Waals surface area contributed by atoms with Gasteiger partial charge in [-0.25, -0.2) is 0 Å². The van der Waals surface area contributed by atoms with Gasteiger partial charge in [-0.3, -0.25) is 9.59 Å². The zero-order chi connectivity index (χ0) is 37.8. The second-order valence-electron chi connectivity index (χ2n) is 14.4. The van der Waals surface area contributed by atoms with Gasteiger partial charge in [-0.05, 0) is 77.0 Å². The van der Waals surface area contributed by atoms with Crippen molar-refractivity contribution in [3.63, 3.8) is 0 Å². The fourth-order valence-electron chi connectivity index (χ4n) is 5.95. The molecule has 0 saturated carbocycles. The number of allylic oxidation sites excluding steroid dienone is 10. The molecule has 0 saturated heterocycles. The van der Waals surface area contributed by atoms with E-state index in [-0.39, 0.29) is 25.2 Å². The van der Waals surface area contributed by atoms with Crippen molar-refractivity contribution in [2.24, 2.45) is 0 Å². The van der Waals surface area contributed by atoms with Gasteiger partial charge in [0.2, 0.25) is 0 Å². The van der Waals surface area contributed by atoms with Crippen LogP contribution >= 0.6 is 0 Å². The van der Waals surface area contributed by atoms with Crippen LogP contribution in [0.1, 0.15) is 206 Å². The van der Waals surface area contributed by atoms with Gasteiger partial charge in [-0.15, -0.1) is 0 Å². The summed E-state index contributed by atoms with van der Waals surface area (Å²) in [6.45, 7) is 4.08. The van der Waals surface area contributed by atoms with E-state index in [0.717, 1.165) is 44.9 Å². The quantitative estimate of drug-likeness (QED) is 0.0388. The highest BCUT2D eigenvalue weighted by molar-refractivity contribution is 5.70. The minimum absolute atomic E-state index is 0.0973. The van der Waals surface area contributed by atoms with E-state index in [1.54, 1.807) is 0 Å². The molecule has 0 radical (unpaired) electrons. The Morgan fingerprint density at radius 1 is 0.442 bits per heavy atom. The molecule has 0 aromatic heterocycles. The molecule has 1 N–H and O–H groups in total. The van der Waals surface area contributed by atoms with Crippen LogP contribution in [0, 0.1) is 0 Å². The highest BCUT2D eigenvalue weighted by Gasteiger charge is 2.16. The van der Waals surface area contributed by atoms with Crippen LogP contribution in [0.5, 0.6) is 0 Å². The van der Waals surface area contributed by atoms with Crippen LogP contribution in [0.3, 0.4) is 0 Å². The van der Waals surface area contributed by atoms with Gasteiger partial charge in [0.05, 0.1) is 6.61 Å². The van der Waals surface area contributed by atoms with Crippen molar-refractivity contribution >= 4 is 11.9 Å². The molecular weight excluding hydrogens is 645 g/mol. The van der Waals surface area contributed by atoms with E-state index < -0.39 is 6.10 Å². The molecule has 0 heterocycles. The largest absolute Gasteiger partial charge is 0.462 e. The number of esters is 2. The van der Waals surface area contributed by atoms with E-state index in [1.807, 2.05) is 0 Å². The molecule has 0 fully saturated rings. The van der Waals surface area contributed by atoms with Crippen molar-refractivity contribution in [2.75, 3.05) is 13.2 Å². The SMILES string of the molecule is CCCCCCCC/C=C/CCCCCCCCCC(=O)O[C@@H](CO)COC(=O)CCC/C=C/C/C=C/C/C=C/C/C=C/CCCCCCCCC. The van der Waals surface area contributed by atoms with Gasteiger partial charge in [0, 0.05) is 12.8 Å². The second kappa shape index (κ2) is 43.0. The van der Waals surface area contributed by atoms with Gasteiger partial charge in [-0.2, -0.15) is 0 Å². The lowest BCUT2D eigenvalue weighted by Crippen LogP contribution is -2.28. The van der Waals surface area contributed by atoms with E-state index in [1.165, 1.54) is 128 Å². The molecule has 0 amide bonds. The maximum absolute atomic E-state index is 12.2. The highest BCUT2D eigenvalue weighted by Crippen LogP contribution is 2.13. The molecule has 0 bridgehead atoms. The van der Waals surface area contributed by atoms with Gasteiger partial charge in [0.25, 0.3) is 0 Å². The first kappa shape index (κ1) is 49.6. The third kappa shape index (κ3) is 40.4. The van der Waals surface area contributed by atoms with Gasteiger partial charge in [0.1, 0.15) is 6.61 Å². The fourth-order valence-corrected chi connectivity index (χ4v) is 5.95. The number of hydrogen-bond acceptors (Lipinski definition) is 5. The van der Waals surface area contributed by atoms with Crippen molar-refractivity contribution in [1.29, 1.82) is 0 Å². The van der Waals surface area contributed by atoms with Crippen molar-refractivity contribution in [2.45, 2.75) is 213 Å². The Labute approximate surface area is 321 Å². The van der Waals surface area contributed by atoms with Gasteiger partial charge in [-0.1, -0.05) is 177 Å². The molecule has 0 aliphatic rings. The summed E-state index contributed by atoms with van der Waals surface area (Å²) < 4.78 is 10.6. The van der Waals surface area contributed by atoms with Crippen molar-refractivity contribution in [3.05, 3.63) is 60.8 Å². The van der Waals surface area contributed by atoms with Crippen LogP contribution in [-0.4, -0.2) is 36.4 Å². The summed E-state index contributed by atoms with van der Waals surface area (Å²) in [5, 5.41) is 9.57. The molecule has 0 spiro atoms. The Balaban J connectivity index is 3.65. The topological polar surface area (TPSA) is 72.8 Å². The first-order valence-electron chi connectivity index (χ1n) is 21.8. The lowest BCUT2D eigenvalue weighted by molar-refractivity contribution is -0.161. The Bertz CT molecular complexity index is 915. The first-order chi connectivity index (χ1) is 25.6. The number of unbranched alkanes of at least 4 members (excludes halogenated alkanes) is 21. The smallest absolute Gasteiger partial charge is 0.306 e. The molecule has 5 heteroatoms. The maximum atomic E-state index is 12.2. The summed E-state index contributed by atoms with van der Waals surface area (Å²) in [5.74, 6) is -0.661. The van der Waals surface area contributed by atoms with Crippen molar-refractivity contribution in [1.82, 2.24) is 0 Å². The van der Waals surface area contributed by atoms with E-state index in [9.17, 15) is 14.7 Å². The summed E-state index contributed by atoms with van der Waals surface area (Å²) in [4.78, 5) is 24.3. The summed E-state index contributed by atoms with van der Waals surface area (Å²) in [6, 6.07) is 0. The lowest BCUT2D eigenvalue weighted by Gasteiger charge is -2.15. The van der Waals surface area contributed by atoms with Crippen LogP contribution in [-0.2, 0) is 19.1 Å². The Morgan fingerprint density at radius 3 is 1.23 bits per heavy atom. The predicted octanol–water partition coefficient (Wildman–Crippen LogP) is 14.0. The molecule has 0 aromatic carbocycles. The molecule has 5 nitrogen and oxygen atoms in total. The van der Waals surface area contributed by atoms with Gasteiger partial charge < -0.3 is 14.6 Å². The lowest BCUT2D eigenvalue weighted by atomic mass is 10.1. The van der Waals surface area contributed by atoms with Crippen molar-refractivity contribution < 1.29 is 24.2 Å². The Hall–Kier alpha value is -2.40.